The number of nitrogens with zero attached hydrogens (tertiary/aromatic N) is 2. The molecule has 1 aromatic heterocycles. The molecule has 25 heavy (non-hydrogen) atoms. The van der Waals surface area contributed by atoms with E-state index in [-0.39, 0.29) is 11.7 Å². The first-order valence-corrected chi connectivity index (χ1v) is 8.10. The highest BCUT2D eigenvalue weighted by Crippen LogP contribution is 2.39. The largest absolute Gasteiger partial charge is 0.508 e. The van der Waals surface area contributed by atoms with Crippen molar-refractivity contribution >= 4 is 5.91 Å². The zero-order valence-electron chi connectivity index (χ0n) is 14.3. The van der Waals surface area contributed by atoms with Crippen LogP contribution in [0.25, 0.3) is 22.3 Å². The molecule has 0 fully saturated rings. The summed E-state index contributed by atoms with van der Waals surface area (Å²) in [6.07, 6.45) is 0. The zero-order chi connectivity index (χ0) is 17.7. The molecule has 1 aliphatic heterocycles. The van der Waals surface area contributed by atoms with Crippen LogP contribution in [0.1, 0.15) is 27.4 Å². The summed E-state index contributed by atoms with van der Waals surface area (Å²) in [6, 6.07) is 11.0. The van der Waals surface area contributed by atoms with Crippen molar-refractivity contribution < 1.29 is 14.4 Å². The maximum absolute atomic E-state index is 12.6. The van der Waals surface area contributed by atoms with Gasteiger partial charge >= 0.3 is 0 Å². The molecule has 2 aromatic carbocycles. The summed E-state index contributed by atoms with van der Waals surface area (Å²) in [6.45, 7) is 4.36. The molecule has 5 nitrogen and oxygen atoms in total. The van der Waals surface area contributed by atoms with Gasteiger partial charge in [0.1, 0.15) is 11.5 Å². The first kappa shape index (κ1) is 15.4. The van der Waals surface area contributed by atoms with E-state index in [1.807, 2.05) is 32.0 Å². The second-order valence-corrected chi connectivity index (χ2v) is 6.47. The standard InChI is InChI=1S/C20H18N2O3/c1-11-18(12(2)25-21-11)14-7-15-10-22(3)20(24)19(15)17(9-14)13-5-4-6-16(23)8-13/h4-9,23H,10H2,1-3H3. The van der Waals surface area contributed by atoms with Crippen LogP contribution < -0.4 is 0 Å². The lowest BCUT2D eigenvalue weighted by molar-refractivity contribution is 0.0817. The molecule has 2 heterocycles. The van der Waals surface area contributed by atoms with E-state index >= 15 is 0 Å². The predicted molar refractivity (Wildman–Crippen MR) is 94.3 cm³/mol. The second-order valence-electron chi connectivity index (χ2n) is 6.47. The normalized spacial score (nSPS) is 13.4. The van der Waals surface area contributed by atoms with Crippen molar-refractivity contribution in [3.63, 3.8) is 0 Å². The highest BCUT2D eigenvalue weighted by atomic mass is 16.5. The Hall–Kier alpha value is -3.08. The number of carbonyl (C=O) groups is 1. The third-order valence-electron chi connectivity index (χ3n) is 4.67. The molecule has 126 valence electrons. The van der Waals surface area contributed by atoms with Gasteiger partial charge in [-0.1, -0.05) is 17.3 Å². The minimum absolute atomic E-state index is 0.00125. The van der Waals surface area contributed by atoms with E-state index in [9.17, 15) is 9.90 Å². The number of aromatic nitrogens is 1. The molecule has 0 bridgehead atoms. The molecule has 0 unspecified atom stereocenters. The molecular formula is C20H18N2O3. The molecule has 4 rings (SSSR count). The third kappa shape index (κ3) is 2.39. The van der Waals surface area contributed by atoms with E-state index in [1.165, 1.54) is 0 Å². The van der Waals surface area contributed by atoms with E-state index < -0.39 is 0 Å². The van der Waals surface area contributed by atoms with Crippen molar-refractivity contribution in [1.82, 2.24) is 10.1 Å². The van der Waals surface area contributed by atoms with Gasteiger partial charge in [0.05, 0.1) is 11.3 Å². The maximum Gasteiger partial charge on any atom is 0.254 e. The van der Waals surface area contributed by atoms with Gasteiger partial charge in [-0.3, -0.25) is 4.79 Å². The first-order valence-electron chi connectivity index (χ1n) is 8.10. The van der Waals surface area contributed by atoms with E-state index in [0.717, 1.165) is 39.3 Å². The SMILES string of the molecule is Cc1noc(C)c1-c1cc2c(c(-c3cccc(O)c3)c1)C(=O)N(C)C2. The molecule has 0 aliphatic carbocycles. The number of hydrogen-bond donors (Lipinski definition) is 1. The average molecular weight is 334 g/mol. The molecular weight excluding hydrogens is 316 g/mol. The fourth-order valence-electron chi connectivity index (χ4n) is 3.54. The van der Waals surface area contributed by atoms with Gasteiger partial charge in [0.2, 0.25) is 0 Å². The van der Waals surface area contributed by atoms with Crippen LogP contribution in [-0.2, 0) is 6.54 Å². The topological polar surface area (TPSA) is 66.6 Å². The Morgan fingerprint density at radius 3 is 2.60 bits per heavy atom. The van der Waals surface area contributed by atoms with Crippen LogP contribution in [0.15, 0.2) is 40.9 Å². The van der Waals surface area contributed by atoms with Crippen molar-refractivity contribution in [2.75, 3.05) is 7.05 Å². The Balaban J connectivity index is 2.01. The van der Waals surface area contributed by atoms with E-state index in [2.05, 4.69) is 5.16 Å². The molecule has 0 saturated heterocycles. The number of aromatic hydroxyl groups is 1. The van der Waals surface area contributed by atoms with Crippen LogP contribution in [0, 0.1) is 13.8 Å². The lowest BCUT2D eigenvalue weighted by Gasteiger charge is -2.11. The van der Waals surface area contributed by atoms with E-state index in [0.29, 0.717) is 12.1 Å². The minimum Gasteiger partial charge on any atom is -0.508 e. The maximum atomic E-state index is 12.6. The number of phenols is 1. The fraction of sp³-hybridized carbons (Fsp3) is 0.200. The van der Waals surface area contributed by atoms with Crippen molar-refractivity contribution in [3.05, 3.63) is 59.0 Å². The predicted octanol–water partition coefficient (Wildman–Crippen LogP) is 3.92. The number of carbonyl (C=O) groups excluding carboxylic acids is 1. The van der Waals surface area contributed by atoms with Gasteiger partial charge in [0.15, 0.2) is 0 Å². The van der Waals surface area contributed by atoms with Crippen molar-refractivity contribution in [1.29, 1.82) is 0 Å². The Bertz CT molecular complexity index is 985. The summed E-state index contributed by atoms with van der Waals surface area (Å²) >= 11 is 0. The van der Waals surface area contributed by atoms with Crippen LogP contribution in [-0.4, -0.2) is 28.1 Å². The van der Waals surface area contributed by atoms with Gasteiger partial charge in [-0.25, -0.2) is 0 Å². The van der Waals surface area contributed by atoms with Gasteiger partial charge in [0, 0.05) is 19.2 Å². The minimum atomic E-state index is -0.00125. The molecule has 1 N–H and O–H groups in total. The monoisotopic (exact) mass is 334 g/mol. The molecule has 0 spiro atoms. The number of hydrogen-bond acceptors (Lipinski definition) is 4. The van der Waals surface area contributed by atoms with E-state index in [4.69, 9.17) is 4.52 Å². The van der Waals surface area contributed by atoms with Crippen LogP contribution >= 0.6 is 0 Å². The Kier molecular flexibility index (Phi) is 3.39. The summed E-state index contributed by atoms with van der Waals surface area (Å²) in [5.41, 5.74) is 6.04. The third-order valence-corrected chi connectivity index (χ3v) is 4.67. The van der Waals surface area contributed by atoms with Crippen molar-refractivity contribution in [3.8, 4) is 28.0 Å². The fourth-order valence-corrected chi connectivity index (χ4v) is 3.54. The molecule has 0 radical (unpaired) electrons. The van der Waals surface area contributed by atoms with Gasteiger partial charge in [0.25, 0.3) is 5.91 Å². The number of fused-ring (bicyclic) bond motifs is 1. The summed E-state index contributed by atoms with van der Waals surface area (Å²) in [5, 5.41) is 13.9. The van der Waals surface area contributed by atoms with Gasteiger partial charge in [-0.05, 0) is 60.4 Å². The average Bonchev–Trinajstić information content (AvgIpc) is 3.06. The number of rotatable bonds is 2. The highest BCUT2D eigenvalue weighted by molar-refractivity contribution is 6.05. The second kappa shape index (κ2) is 5.48. The number of benzene rings is 2. The first-order chi connectivity index (χ1) is 12.0. The van der Waals surface area contributed by atoms with Gasteiger partial charge in [-0.15, -0.1) is 0 Å². The Morgan fingerprint density at radius 1 is 1.12 bits per heavy atom. The van der Waals surface area contributed by atoms with Crippen LogP contribution in [0.3, 0.4) is 0 Å². The van der Waals surface area contributed by atoms with Crippen LogP contribution in [0.5, 0.6) is 5.75 Å². The summed E-state index contributed by atoms with van der Waals surface area (Å²) in [5.74, 6) is 0.920. The quantitative estimate of drug-likeness (QED) is 0.771. The van der Waals surface area contributed by atoms with Crippen molar-refractivity contribution in [2.45, 2.75) is 20.4 Å². The number of amides is 1. The molecule has 3 aromatic rings. The number of phenolic OH excluding ortho intramolecular Hbond substituents is 1. The molecule has 1 aliphatic rings. The van der Waals surface area contributed by atoms with Gasteiger partial charge in [-0.2, -0.15) is 0 Å². The smallest absolute Gasteiger partial charge is 0.254 e. The lowest BCUT2D eigenvalue weighted by atomic mass is 9.91. The van der Waals surface area contributed by atoms with Gasteiger partial charge < -0.3 is 14.5 Å². The highest BCUT2D eigenvalue weighted by Gasteiger charge is 2.29. The van der Waals surface area contributed by atoms with E-state index in [1.54, 1.807) is 30.1 Å². The lowest BCUT2D eigenvalue weighted by Crippen LogP contribution is -2.17. The summed E-state index contributed by atoms with van der Waals surface area (Å²) in [7, 11) is 1.80. The van der Waals surface area contributed by atoms with Crippen LogP contribution in [0.2, 0.25) is 0 Å². The molecule has 0 saturated carbocycles. The summed E-state index contributed by atoms with van der Waals surface area (Å²) in [4.78, 5) is 14.3. The number of aryl methyl sites for hydroxylation is 2. The van der Waals surface area contributed by atoms with Crippen LogP contribution in [0.4, 0.5) is 0 Å². The Labute approximate surface area is 145 Å². The molecule has 5 heteroatoms. The summed E-state index contributed by atoms with van der Waals surface area (Å²) < 4.78 is 5.31. The molecule has 1 amide bonds. The Morgan fingerprint density at radius 2 is 1.92 bits per heavy atom. The zero-order valence-corrected chi connectivity index (χ0v) is 14.3. The van der Waals surface area contributed by atoms with Crippen molar-refractivity contribution in [2.24, 2.45) is 0 Å². The molecule has 0 atom stereocenters.